The lowest BCUT2D eigenvalue weighted by Gasteiger charge is -2.30. The number of ether oxygens (including phenoxy) is 1. The highest BCUT2D eigenvalue weighted by atomic mass is 16.5. The number of benzene rings is 1. The standard InChI is InChI=1S/C21H33N3O3/c1-4-27-14-6-11-22-21(26)18-9-12-24(13-10-18)15-19(25)23-20-16(2)7-5-8-17(20)3/h5,7-8,18H,4,6,9-15H2,1-3H3,(H,22,26)(H,23,25). The number of hydrogen-bond donors (Lipinski definition) is 2. The van der Waals surface area contributed by atoms with Crippen LogP contribution in [0.25, 0.3) is 0 Å². The molecule has 6 nitrogen and oxygen atoms in total. The summed E-state index contributed by atoms with van der Waals surface area (Å²) in [5.74, 6) is 0.187. The van der Waals surface area contributed by atoms with Gasteiger partial charge in [-0.1, -0.05) is 18.2 Å². The van der Waals surface area contributed by atoms with Crippen molar-refractivity contribution in [1.82, 2.24) is 10.2 Å². The van der Waals surface area contributed by atoms with Crippen LogP contribution in [0.5, 0.6) is 0 Å². The maximum absolute atomic E-state index is 12.4. The minimum absolute atomic E-state index is 0.00576. The summed E-state index contributed by atoms with van der Waals surface area (Å²) in [4.78, 5) is 26.7. The minimum atomic E-state index is 0.00576. The number of piperidine rings is 1. The number of anilines is 1. The molecule has 0 aromatic heterocycles. The van der Waals surface area contributed by atoms with Gasteiger partial charge in [-0.25, -0.2) is 0 Å². The first-order valence-electron chi connectivity index (χ1n) is 9.95. The summed E-state index contributed by atoms with van der Waals surface area (Å²) in [6.45, 7) is 9.95. The first-order valence-corrected chi connectivity index (χ1v) is 9.95. The van der Waals surface area contributed by atoms with Crippen molar-refractivity contribution in [2.24, 2.45) is 5.92 Å². The quantitative estimate of drug-likeness (QED) is 0.651. The Morgan fingerprint density at radius 2 is 1.85 bits per heavy atom. The third-order valence-electron chi connectivity index (χ3n) is 5.04. The first-order chi connectivity index (χ1) is 13.0. The zero-order chi connectivity index (χ0) is 19.6. The molecule has 1 aromatic carbocycles. The SMILES string of the molecule is CCOCCCNC(=O)C1CCN(CC(=O)Nc2c(C)cccc2C)CC1. The Morgan fingerprint density at radius 3 is 2.48 bits per heavy atom. The van der Waals surface area contributed by atoms with Crippen LogP contribution in [0, 0.1) is 19.8 Å². The van der Waals surface area contributed by atoms with Crippen LogP contribution in [0.4, 0.5) is 5.69 Å². The molecular formula is C21H33N3O3. The number of amides is 2. The number of nitrogens with one attached hydrogen (secondary N) is 2. The molecule has 2 N–H and O–H groups in total. The lowest BCUT2D eigenvalue weighted by atomic mass is 9.96. The predicted octanol–water partition coefficient (Wildman–Crippen LogP) is 2.50. The Labute approximate surface area is 162 Å². The van der Waals surface area contributed by atoms with Crippen LogP contribution in [-0.2, 0) is 14.3 Å². The summed E-state index contributed by atoms with van der Waals surface area (Å²) in [5, 5.41) is 6.03. The van der Waals surface area contributed by atoms with E-state index in [9.17, 15) is 9.59 Å². The van der Waals surface area contributed by atoms with Gasteiger partial charge in [0.2, 0.25) is 11.8 Å². The molecule has 1 aromatic rings. The molecule has 0 saturated carbocycles. The van der Waals surface area contributed by atoms with E-state index >= 15 is 0 Å². The topological polar surface area (TPSA) is 70.7 Å². The fourth-order valence-corrected chi connectivity index (χ4v) is 3.42. The zero-order valence-electron chi connectivity index (χ0n) is 16.8. The van der Waals surface area contributed by atoms with Gasteiger partial charge in [0, 0.05) is 31.4 Å². The maximum atomic E-state index is 12.4. The summed E-state index contributed by atoms with van der Waals surface area (Å²) in [6.07, 6.45) is 2.44. The normalized spacial score (nSPS) is 15.5. The molecular weight excluding hydrogens is 342 g/mol. The molecule has 1 saturated heterocycles. The molecule has 1 aliphatic rings. The van der Waals surface area contributed by atoms with Crippen LogP contribution in [0.15, 0.2) is 18.2 Å². The van der Waals surface area contributed by atoms with Gasteiger partial charge in [-0.3, -0.25) is 14.5 Å². The van der Waals surface area contributed by atoms with Gasteiger partial charge in [0.1, 0.15) is 0 Å². The molecule has 0 atom stereocenters. The molecule has 2 rings (SSSR count). The van der Waals surface area contributed by atoms with Crippen LogP contribution in [0.3, 0.4) is 0 Å². The number of para-hydroxylation sites is 1. The van der Waals surface area contributed by atoms with E-state index < -0.39 is 0 Å². The monoisotopic (exact) mass is 375 g/mol. The summed E-state index contributed by atoms with van der Waals surface area (Å²) in [5.41, 5.74) is 3.05. The molecule has 150 valence electrons. The van der Waals surface area contributed by atoms with Crippen molar-refractivity contribution in [2.75, 3.05) is 44.7 Å². The molecule has 0 spiro atoms. The lowest BCUT2D eigenvalue weighted by molar-refractivity contribution is -0.126. The third-order valence-corrected chi connectivity index (χ3v) is 5.04. The van der Waals surface area contributed by atoms with Crippen LogP contribution in [0.1, 0.15) is 37.3 Å². The fourth-order valence-electron chi connectivity index (χ4n) is 3.42. The molecule has 2 amide bonds. The second-order valence-electron chi connectivity index (χ2n) is 7.21. The Kier molecular flexibility index (Phi) is 8.75. The van der Waals surface area contributed by atoms with E-state index in [1.807, 2.05) is 39.0 Å². The Morgan fingerprint density at radius 1 is 1.19 bits per heavy atom. The van der Waals surface area contributed by atoms with Gasteiger partial charge in [0.25, 0.3) is 0 Å². The van der Waals surface area contributed by atoms with Gasteiger partial charge in [-0.05, 0) is 64.3 Å². The van der Waals surface area contributed by atoms with Gasteiger partial charge < -0.3 is 15.4 Å². The number of aryl methyl sites for hydroxylation is 2. The molecule has 0 radical (unpaired) electrons. The minimum Gasteiger partial charge on any atom is -0.382 e. The van der Waals surface area contributed by atoms with Crippen molar-refractivity contribution in [3.8, 4) is 0 Å². The number of hydrogen-bond acceptors (Lipinski definition) is 4. The van der Waals surface area contributed by atoms with Crippen molar-refractivity contribution in [1.29, 1.82) is 0 Å². The van der Waals surface area contributed by atoms with E-state index in [2.05, 4.69) is 15.5 Å². The van der Waals surface area contributed by atoms with Crippen LogP contribution in [-0.4, -0.2) is 56.1 Å². The summed E-state index contributed by atoms with van der Waals surface area (Å²) < 4.78 is 5.27. The molecule has 0 aliphatic carbocycles. The molecule has 6 heteroatoms. The van der Waals surface area contributed by atoms with Gasteiger partial charge in [0.05, 0.1) is 6.54 Å². The molecule has 1 aliphatic heterocycles. The predicted molar refractivity (Wildman–Crippen MR) is 108 cm³/mol. The molecule has 1 heterocycles. The van der Waals surface area contributed by atoms with Crippen molar-refractivity contribution in [3.05, 3.63) is 29.3 Å². The highest BCUT2D eigenvalue weighted by Crippen LogP contribution is 2.20. The number of carbonyl (C=O) groups excluding carboxylic acids is 2. The van der Waals surface area contributed by atoms with Gasteiger partial charge in [-0.15, -0.1) is 0 Å². The zero-order valence-corrected chi connectivity index (χ0v) is 16.8. The Hall–Kier alpha value is -1.92. The van der Waals surface area contributed by atoms with Gasteiger partial charge in [0.15, 0.2) is 0 Å². The first kappa shape index (κ1) is 21.4. The number of carbonyl (C=O) groups is 2. The Bertz CT molecular complexity index is 605. The summed E-state index contributed by atoms with van der Waals surface area (Å²) >= 11 is 0. The van der Waals surface area contributed by atoms with Crippen molar-refractivity contribution < 1.29 is 14.3 Å². The van der Waals surface area contributed by atoms with E-state index in [-0.39, 0.29) is 17.7 Å². The molecule has 1 fully saturated rings. The van der Waals surface area contributed by atoms with E-state index in [0.29, 0.717) is 26.3 Å². The van der Waals surface area contributed by atoms with Gasteiger partial charge in [-0.2, -0.15) is 0 Å². The summed E-state index contributed by atoms with van der Waals surface area (Å²) in [7, 11) is 0. The Balaban J connectivity index is 1.69. The number of likely N-dealkylation sites (tertiary alicyclic amines) is 1. The third kappa shape index (κ3) is 6.96. The van der Waals surface area contributed by atoms with E-state index in [1.165, 1.54) is 0 Å². The fraction of sp³-hybridized carbons (Fsp3) is 0.619. The highest BCUT2D eigenvalue weighted by Gasteiger charge is 2.25. The smallest absolute Gasteiger partial charge is 0.238 e. The van der Waals surface area contributed by atoms with Gasteiger partial charge >= 0.3 is 0 Å². The maximum Gasteiger partial charge on any atom is 0.238 e. The van der Waals surface area contributed by atoms with Crippen molar-refractivity contribution in [3.63, 3.8) is 0 Å². The van der Waals surface area contributed by atoms with E-state index in [1.54, 1.807) is 0 Å². The van der Waals surface area contributed by atoms with Crippen molar-refractivity contribution in [2.45, 2.75) is 40.0 Å². The average molecular weight is 376 g/mol. The summed E-state index contributed by atoms with van der Waals surface area (Å²) in [6, 6.07) is 6.00. The van der Waals surface area contributed by atoms with Crippen LogP contribution < -0.4 is 10.6 Å². The number of rotatable bonds is 9. The average Bonchev–Trinajstić information content (AvgIpc) is 2.65. The van der Waals surface area contributed by atoms with Crippen LogP contribution in [0.2, 0.25) is 0 Å². The molecule has 0 bridgehead atoms. The number of nitrogens with zero attached hydrogens (tertiary/aromatic N) is 1. The molecule has 27 heavy (non-hydrogen) atoms. The largest absolute Gasteiger partial charge is 0.382 e. The molecule has 0 unspecified atom stereocenters. The van der Waals surface area contributed by atoms with Crippen molar-refractivity contribution >= 4 is 17.5 Å². The second kappa shape index (κ2) is 11.0. The lowest BCUT2D eigenvalue weighted by Crippen LogP contribution is -2.43. The van der Waals surface area contributed by atoms with E-state index in [0.717, 1.165) is 49.2 Å². The highest BCUT2D eigenvalue weighted by molar-refractivity contribution is 5.93. The van der Waals surface area contributed by atoms with E-state index in [4.69, 9.17) is 4.74 Å². The van der Waals surface area contributed by atoms with Crippen LogP contribution >= 0.6 is 0 Å². The second-order valence-corrected chi connectivity index (χ2v) is 7.21.